The third-order valence-corrected chi connectivity index (χ3v) is 3.27. The monoisotopic (exact) mass is 225 g/mol. The highest BCUT2D eigenvalue weighted by molar-refractivity contribution is 6.31. The Morgan fingerprint density at radius 3 is 2.93 bits per heavy atom. The molecule has 4 heteroatoms. The molecule has 1 aliphatic rings. The van der Waals surface area contributed by atoms with Crippen molar-refractivity contribution in [3.05, 3.63) is 17.5 Å². The van der Waals surface area contributed by atoms with E-state index in [2.05, 4.69) is 21.8 Å². The second-order valence-corrected chi connectivity index (χ2v) is 4.28. The second-order valence-electron chi connectivity index (χ2n) is 3.92. The van der Waals surface area contributed by atoms with Crippen LogP contribution in [-0.2, 0) is 0 Å². The van der Waals surface area contributed by atoms with Gasteiger partial charge in [0.25, 0.3) is 0 Å². The zero-order valence-corrected chi connectivity index (χ0v) is 9.74. The number of hydrogen-bond acceptors (Lipinski definition) is 3. The van der Waals surface area contributed by atoms with Crippen LogP contribution >= 0.6 is 11.6 Å². The first kappa shape index (κ1) is 10.7. The molecule has 1 aromatic heterocycles. The van der Waals surface area contributed by atoms with Crippen molar-refractivity contribution < 1.29 is 0 Å². The van der Waals surface area contributed by atoms with Gasteiger partial charge in [0.05, 0.1) is 0 Å². The largest absolute Gasteiger partial charge is 0.351 e. The average molecular weight is 226 g/mol. The van der Waals surface area contributed by atoms with Crippen molar-refractivity contribution in [1.29, 1.82) is 0 Å². The molecule has 0 spiro atoms. The van der Waals surface area contributed by atoms with E-state index in [4.69, 9.17) is 11.6 Å². The minimum absolute atomic E-state index is 0.526. The molecule has 1 saturated heterocycles. The summed E-state index contributed by atoms with van der Waals surface area (Å²) in [5.41, 5.74) is 0. The van der Waals surface area contributed by atoms with E-state index < -0.39 is 0 Å². The van der Waals surface area contributed by atoms with Crippen LogP contribution in [0.25, 0.3) is 0 Å². The second kappa shape index (κ2) is 4.79. The Kier molecular flexibility index (Phi) is 3.41. The van der Waals surface area contributed by atoms with Crippen LogP contribution in [0.4, 0.5) is 5.82 Å². The Morgan fingerprint density at radius 1 is 1.40 bits per heavy atom. The topological polar surface area (TPSA) is 29.0 Å². The molecule has 1 atom stereocenters. The van der Waals surface area contributed by atoms with E-state index in [1.165, 1.54) is 19.3 Å². The molecule has 0 N–H and O–H groups in total. The SMILES string of the molecule is CCC1CCCCN1c1nccnc1Cl. The Morgan fingerprint density at radius 2 is 2.20 bits per heavy atom. The Balaban J connectivity index is 2.24. The maximum absolute atomic E-state index is 6.06. The number of halogens is 1. The van der Waals surface area contributed by atoms with Crippen LogP contribution in [0.5, 0.6) is 0 Å². The lowest BCUT2D eigenvalue weighted by Gasteiger charge is -2.36. The normalized spacial score (nSPS) is 21.7. The molecule has 1 fully saturated rings. The molecule has 1 aliphatic heterocycles. The van der Waals surface area contributed by atoms with E-state index in [-0.39, 0.29) is 0 Å². The number of hydrogen-bond donors (Lipinski definition) is 0. The predicted molar refractivity (Wildman–Crippen MR) is 62.3 cm³/mol. The average Bonchev–Trinajstić information content (AvgIpc) is 2.30. The molecule has 2 rings (SSSR count). The van der Waals surface area contributed by atoms with Gasteiger partial charge in [-0.25, -0.2) is 9.97 Å². The van der Waals surface area contributed by atoms with Gasteiger partial charge >= 0.3 is 0 Å². The fourth-order valence-electron chi connectivity index (χ4n) is 2.21. The smallest absolute Gasteiger partial charge is 0.171 e. The molecular weight excluding hydrogens is 210 g/mol. The van der Waals surface area contributed by atoms with Crippen LogP contribution in [0.1, 0.15) is 32.6 Å². The van der Waals surface area contributed by atoms with Gasteiger partial charge in [0, 0.05) is 25.0 Å². The third kappa shape index (κ3) is 2.23. The highest BCUT2D eigenvalue weighted by Crippen LogP contribution is 2.28. The molecule has 0 bridgehead atoms. The molecule has 1 aromatic rings. The lowest BCUT2D eigenvalue weighted by atomic mass is 10.0. The zero-order chi connectivity index (χ0) is 10.7. The maximum Gasteiger partial charge on any atom is 0.171 e. The van der Waals surface area contributed by atoms with Crippen molar-refractivity contribution >= 4 is 17.4 Å². The summed E-state index contributed by atoms with van der Waals surface area (Å²) in [7, 11) is 0. The van der Waals surface area contributed by atoms with E-state index >= 15 is 0 Å². The fourth-order valence-corrected chi connectivity index (χ4v) is 2.42. The first-order chi connectivity index (χ1) is 7.33. The standard InChI is InChI=1S/C11H16ClN3/c1-2-9-5-3-4-8-15(9)11-10(12)13-6-7-14-11/h6-7,9H,2-5,8H2,1H3. The van der Waals surface area contributed by atoms with E-state index in [0.29, 0.717) is 11.2 Å². The summed E-state index contributed by atoms with van der Waals surface area (Å²) in [5, 5.41) is 0.526. The molecule has 0 aromatic carbocycles. The van der Waals surface area contributed by atoms with Crippen LogP contribution in [-0.4, -0.2) is 22.6 Å². The van der Waals surface area contributed by atoms with Crippen molar-refractivity contribution in [1.82, 2.24) is 9.97 Å². The van der Waals surface area contributed by atoms with Gasteiger partial charge < -0.3 is 4.90 Å². The van der Waals surface area contributed by atoms with Crippen LogP contribution in [0.3, 0.4) is 0 Å². The molecular formula is C11H16ClN3. The van der Waals surface area contributed by atoms with Gasteiger partial charge in [-0.15, -0.1) is 0 Å². The molecule has 0 radical (unpaired) electrons. The Bertz CT molecular complexity index is 329. The number of nitrogens with zero attached hydrogens (tertiary/aromatic N) is 3. The summed E-state index contributed by atoms with van der Waals surface area (Å²) in [6.07, 6.45) is 8.27. The predicted octanol–water partition coefficient (Wildman–Crippen LogP) is 2.90. The summed E-state index contributed by atoms with van der Waals surface area (Å²) < 4.78 is 0. The van der Waals surface area contributed by atoms with E-state index in [9.17, 15) is 0 Å². The third-order valence-electron chi connectivity index (χ3n) is 3.01. The highest BCUT2D eigenvalue weighted by atomic mass is 35.5. The quantitative estimate of drug-likeness (QED) is 0.775. The fraction of sp³-hybridized carbons (Fsp3) is 0.636. The first-order valence-electron chi connectivity index (χ1n) is 5.56. The zero-order valence-electron chi connectivity index (χ0n) is 8.99. The van der Waals surface area contributed by atoms with Crippen LogP contribution < -0.4 is 4.90 Å². The first-order valence-corrected chi connectivity index (χ1v) is 5.94. The van der Waals surface area contributed by atoms with Crippen molar-refractivity contribution in [3.63, 3.8) is 0 Å². The van der Waals surface area contributed by atoms with E-state index in [1.807, 2.05) is 0 Å². The summed E-state index contributed by atoms with van der Waals surface area (Å²) in [4.78, 5) is 10.7. The molecule has 0 amide bonds. The van der Waals surface area contributed by atoms with Crippen molar-refractivity contribution in [3.8, 4) is 0 Å². The van der Waals surface area contributed by atoms with Crippen molar-refractivity contribution in [2.24, 2.45) is 0 Å². The summed E-state index contributed by atoms with van der Waals surface area (Å²) >= 11 is 6.06. The lowest BCUT2D eigenvalue weighted by molar-refractivity contribution is 0.446. The lowest BCUT2D eigenvalue weighted by Crippen LogP contribution is -2.39. The van der Waals surface area contributed by atoms with Crippen molar-refractivity contribution in [2.75, 3.05) is 11.4 Å². The molecule has 0 aliphatic carbocycles. The van der Waals surface area contributed by atoms with Crippen molar-refractivity contribution in [2.45, 2.75) is 38.6 Å². The summed E-state index contributed by atoms with van der Waals surface area (Å²) in [5.74, 6) is 0.853. The summed E-state index contributed by atoms with van der Waals surface area (Å²) in [6, 6.07) is 0.577. The van der Waals surface area contributed by atoms with Gasteiger partial charge in [-0.2, -0.15) is 0 Å². The number of anilines is 1. The maximum atomic E-state index is 6.06. The summed E-state index contributed by atoms with van der Waals surface area (Å²) in [6.45, 7) is 3.27. The van der Waals surface area contributed by atoms with Crippen LogP contribution in [0.2, 0.25) is 5.15 Å². The van der Waals surface area contributed by atoms with Gasteiger partial charge in [0.2, 0.25) is 0 Å². The Hall–Kier alpha value is -0.830. The molecule has 82 valence electrons. The van der Waals surface area contributed by atoms with Crippen LogP contribution in [0.15, 0.2) is 12.4 Å². The van der Waals surface area contributed by atoms with Gasteiger partial charge in [-0.3, -0.25) is 0 Å². The van der Waals surface area contributed by atoms with E-state index in [0.717, 1.165) is 18.8 Å². The molecule has 15 heavy (non-hydrogen) atoms. The molecule has 1 unspecified atom stereocenters. The molecule has 0 saturated carbocycles. The molecule has 2 heterocycles. The Labute approximate surface area is 95.5 Å². The van der Waals surface area contributed by atoms with E-state index in [1.54, 1.807) is 12.4 Å². The van der Waals surface area contributed by atoms with Crippen LogP contribution in [0, 0.1) is 0 Å². The van der Waals surface area contributed by atoms with Gasteiger partial charge in [-0.05, 0) is 25.7 Å². The van der Waals surface area contributed by atoms with Gasteiger partial charge in [0.15, 0.2) is 11.0 Å². The molecule has 3 nitrogen and oxygen atoms in total. The number of piperidine rings is 1. The highest BCUT2D eigenvalue weighted by Gasteiger charge is 2.23. The van der Waals surface area contributed by atoms with Gasteiger partial charge in [0.1, 0.15) is 0 Å². The number of rotatable bonds is 2. The van der Waals surface area contributed by atoms with Gasteiger partial charge in [-0.1, -0.05) is 18.5 Å². The minimum Gasteiger partial charge on any atom is -0.351 e. The number of aromatic nitrogens is 2. The minimum atomic E-state index is 0.526.